The smallest absolute Gasteiger partial charge is 0.197 e. The maximum atomic E-state index is 13.9. The fraction of sp³-hybridized carbons (Fsp3) is 0.104. The molecule has 0 atom stereocenters. The van der Waals surface area contributed by atoms with E-state index in [-0.39, 0.29) is 39.7 Å². The molecule has 10 aromatic rings. The van der Waals surface area contributed by atoms with Gasteiger partial charge < -0.3 is 14.5 Å². The Morgan fingerprint density at radius 2 is 0.870 bits per heavy atom. The van der Waals surface area contributed by atoms with Crippen LogP contribution in [0.5, 0.6) is 0 Å². The van der Waals surface area contributed by atoms with Crippen molar-refractivity contribution in [3.05, 3.63) is 236 Å². The maximum absolute atomic E-state index is 13.9. The molecule has 15 rings (SSSR count). The molecule has 5 heterocycles. The lowest BCUT2D eigenvalue weighted by Crippen LogP contribution is -2.64. The Bertz CT molecular complexity index is 4250. The van der Waals surface area contributed by atoms with Crippen molar-refractivity contribution >= 4 is 131 Å². The van der Waals surface area contributed by atoms with Gasteiger partial charge in [0.25, 0.3) is 0 Å². The van der Waals surface area contributed by atoms with Crippen LogP contribution in [0.4, 0.5) is 32.8 Å². The van der Waals surface area contributed by atoms with E-state index in [0.717, 1.165) is 100 Å². The van der Waals surface area contributed by atoms with Crippen LogP contribution in [-0.4, -0.2) is 44.4 Å². The molecule has 1 fully saturated rings. The number of carbonyl (C=O) groups is 4. The highest BCUT2D eigenvalue weighted by molar-refractivity contribution is 7.17. The van der Waals surface area contributed by atoms with Gasteiger partial charge >= 0.3 is 0 Å². The van der Waals surface area contributed by atoms with Gasteiger partial charge in [-0.05, 0) is 151 Å². The summed E-state index contributed by atoms with van der Waals surface area (Å²) in [5.41, 5.74) is 10.9. The number of fused-ring (bicyclic) bond motifs is 10. The summed E-state index contributed by atoms with van der Waals surface area (Å²) in [6, 6.07) is 64.7. The molecule has 8 aromatic carbocycles. The summed E-state index contributed by atoms with van der Waals surface area (Å²) in [6.45, 7) is 6.02. The standard InChI is InChI=1S/C67H46N2O5S2Si/c1-67(2)53-15-7-8-16-55(53)68(61-25-21-45(75-61)37-51-63(70)47-31-39-11-3-4-12-40(39)32-48(47)64(51)71)57-35-43(19-23-54(57)67)44-20-24-60-58(36-44)69(56-17-9-10-18-59(56)77(60)29-27-74-28-30-77)62-26-22-46(76-62)38-52-65(72)49-33-41-13-5-6-14-42(41)34-50(49)66(52)73/h3-26,31-38H,27-30H2,1-2H3. The summed E-state index contributed by atoms with van der Waals surface area (Å²) in [5, 5.41) is 8.49. The zero-order valence-electron chi connectivity index (χ0n) is 42.1. The molecule has 0 radical (unpaired) electrons. The third-order valence-electron chi connectivity index (χ3n) is 16.8. The average Bonchev–Trinajstić information content (AvgIpc) is 4.23. The Morgan fingerprint density at radius 1 is 0.442 bits per heavy atom. The number of benzene rings is 8. The topological polar surface area (TPSA) is 84.0 Å². The molecule has 370 valence electrons. The molecule has 3 aliphatic heterocycles. The van der Waals surface area contributed by atoms with Crippen LogP contribution in [0.25, 0.3) is 44.8 Å². The Morgan fingerprint density at radius 3 is 1.42 bits per heavy atom. The highest BCUT2D eigenvalue weighted by Crippen LogP contribution is 2.54. The first-order valence-electron chi connectivity index (χ1n) is 26.1. The fourth-order valence-corrected chi connectivity index (χ4v) is 19.7. The SMILES string of the molecule is CC1(C)c2ccccc2N(c2ccc(C=C3C(=O)c4cc5ccccc5cc4C3=O)s2)c2cc(-c3ccc4c(c3)N(c3ccc(C=C5C(=O)c6cc7ccccc7cc6C5=O)s3)c3ccccc3[Si]43CCOCC3)ccc21. The van der Waals surface area contributed by atoms with Crippen LogP contribution >= 0.6 is 22.7 Å². The third-order valence-corrected chi connectivity index (χ3v) is 23.9. The van der Waals surface area contributed by atoms with E-state index < -0.39 is 8.07 Å². The number of anilines is 6. The normalized spacial score (nSPS) is 16.6. The number of hydrogen-bond donors (Lipinski definition) is 0. The van der Waals surface area contributed by atoms with Gasteiger partial charge in [0.2, 0.25) is 0 Å². The number of thiophene rings is 2. The number of para-hydroxylation sites is 2. The summed E-state index contributed by atoms with van der Waals surface area (Å²) in [7, 11) is -2.31. The monoisotopic (exact) mass is 1050 g/mol. The van der Waals surface area contributed by atoms with Crippen molar-refractivity contribution in [1.29, 1.82) is 0 Å². The number of ether oxygens (including phenoxy) is 1. The minimum atomic E-state index is -2.31. The molecule has 7 nitrogen and oxygen atoms in total. The molecule has 1 spiro atoms. The zero-order chi connectivity index (χ0) is 51.9. The molecule has 0 unspecified atom stereocenters. The number of nitrogens with zero attached hydrogens (tertiary/aromatic N) is 2. The van der Waals surface area contributed by atoms with Crippen molar-refractivity contribution in [3.8, 4) is 11.1 Å². The first-order valence-corrected chi connectivity index (χ1v) is 30.1. The predicted octanol–water partition coefficient (Wildman–Crippen LogP) is 15.2. The second-order valence-corrected chi connectivity index (χ2v) is 27.7. The van der Waals surface area contributed by atoms with Crippen LogP contribution in [0.2, 0.25) is 12.1 Å². The Labute approximate surface area is 453 Å². The van der Waals surface area contributed by atoms with Gasteiger partial charge in [-0.1, -0.05) is 123 Å². The molecule has 5 aliphatic rings. The van der Waals surface area contributed by atoms with Gasteiger partial charge in [0.05, 0.1) is 22.5 Å². The molecular formula is C67H46N2O5S2Si. The van der Waals surface area contributed by atoms with E-state index in [1.165, 1.54) is 21.5 Å². The number of rotatable bonds is 5. The third kappa shape index (κ3) is 6.89. The Hall–Kier alpha value is -8.38. The van der Waals surface area contributed by atoms with Crippen LogP contribution in [0, 0.1) is 0 Å². The lowest BCUT2D eigenvalue weighted by molar-refractivity contribution is 0.0975. The van der Waals surface area contributed by atoms with Crippen LogP contribution in [0.3, 0.4) is 0 Å². The number of Topliss-reactive ketones (excluding diaryl/α,β-unsaturated/α-hetero) is 4. The molecule has 0 amide bonds. The van der Waals surface area contributed by atoms with Gasteiger partial charge in [0.1, 0.15) is 18.1 Å². The molecule has 2 aliphatic carbocycles. The van der Waals surface area contributed by atoms with Gasteiger partial charge in [0, 0.05) is 62.0 Å². The van der Waals surface area contributed by atoms with Gasteiger partial charge in [0.15, 0.2) is 23.1 Å². The minimum absolute atomic E-state index is 0.191. The molecule has 0 bridgehead atoms. The van der Waals surface area contributed by atoms with Crippen LogP contribution in [-0.2, 0) is 10.2 Å². The first-order chi connectivity index (χ1) is 37.5. The van der Waals surface area contributed by atoms with E-state index in [1.54, 1.807) is 34.8 Å². The molecular weight excluding hydrogens is 1000 g/mol. The van der Waals surface area contributed by atoms with Crippen LogP contribution < -0.4 is 20.2 Å². The van der Waals surface area contributed by atoms with Crippen molar-refractivity contribution in [2.45, 2.75) is 31.4 Å². The van der Waals surface area contributed by atoms with Gasteiger partial charge in [-0.15, -0.1) is 22.7 Å². The van der Waals surface area contributed by atoms with E-state index in [9.17, 15) is 19.2 Å². The summed E-state index contributed by atoms with van der Waals surface area (Å²) < 4.78 is 6.10. The van der Waals surface area contributed by atoms with Crippen molar-refractivity contribution < 1.29 is 23.9 Å². The maximum Gasteiger partial charge on any atom is 0.197 e. The zero-order valence-corrected chi connectivity index (χ0v) is 44.7. The average molecular weight is 1050 g/mol. The molecule has 0 saturated carbocycles. The van der Waals surface area contributed by atoms with Crippen LogP contribution in [0.15, 0.2) is 193 Å². The lowest BCUT2D eigenvalue weighted by atomic mass is 9.73. The van der Waals surface area contributed by atoms with E-state index >= 15 is 0 Å². The number of ketones is 4. The lowest BCUT2D eigenvalue weighted by Gasteiger charge is -2.45. The van der Waals surface area contributed by atoms with Crippen LogP contribution in [0.1, 0.15) is 76.2 Å². The second-order valence-electron chi connectivity index (χ2n) is 21.3. The minimum Gasteiger partial charge on any atom is -0.382 e. The predicted molar refractivity (Wildman–Crippen MR) is 316 cm³/mol. The molecule has 2 aromatic heterocycles. The summed E-state index contributed by atoms with van der Waals surface area (Å²) in [4.78, 5) is 62.1. The number of hydrogen-bond acceptors (Lipinski definition) is 9. The van der Waals surface area contributed by atoms with Gasteiger partial charge in [-0.3, -0.25) is 19.2 Å². The highest BCUT2D eigenvalue weighted by atomic mass is 32.1. The Kier molecular flexibility index (Phi) is 10.2. The van der Waals surface area contributed by atoms with E-state index in [2.05, 4.69) is 121 Å². The quantitative estimate of drug-likeness (QED) is 0.0964. The highest BCUT2D eigenvalue weighted by Gasteiger charge is 2.47. The fourth-order valence-electron chi connectivity index (χ4n) is 12.9. The van der Waals surface area contributed by atoms with E-state index in [0.29, 0.717) is 22.3 Å². The second kappa shape index (κ2) is 17.1. The molecule has 10 heteroatoms. The summed E-state index contributed by atoms with van der Waals surface area (Å²) in [5.74, 6) is -0.947. The first kappa shape index (κ1) is 46.0. The number of carbonyl (C=O) groups excluding carboxylic acids is 4. The summed E-state index contributed by atoms with van der Waals surface area (Å²) >= 11 is 3.15. The van der Waals surface area contributed by atoms with Gasteiger partial charge in [-0.2, -0.15) is 0 Å². The van der Waals surface area contributed by atoms with E-state index in [1.807, 2.05) is 84.9 Å². The molecule has 0 N–H and O–H groups in total. The van der Waals surface area contributed by atoms with Crippen molar-refractivity contribution in [2.75, 3.05) is 23.0 Å². The molecule has 1 saturated heterocycles. The van der Waals surface area contributed by atoms with Crippen molar-refractivity contribution in [2.24, 2.45) is 0 Å². The van der Waals surface area contributed by atoms with Crippen molar-refractivity contribution in [3.63, 3.8) is 0 Å². The molecule has 77 heavy (non-hydrogen) atoms. The van der Waals surface area contributed by atoms with E-state index in [4.69, 9.17) is 4.74 Å². The largest absolute Gasteiger partial charge is 0.382 e. The Balaban J connectivity index is 0.832. The van der Waals surface area contributed by atoms with Crippen molar-refractivity contribution in [1.82, 2.24) is 0 Å². The van der Waals surface area contributed by atoms with Gasteiger partial charge in [-0.25, -0.2) is 0 Å². The summed E-state index contributed by atoms with van der Waals surface area (Å²) in [6.07, 6.45) is 3.56. The number of allylic oxidation sites excluding steroid dienone is 2.